The molecule has 0 saturated carbocycles. The molecule has 0 aliphatic carbocycles. The van der Waals surface area contributed by atoms with Crippen LogP contribution in [-0.4, -0.2) is 88.7 Å². The molecule has 0 spiro atoms. The minimum absolute atomic E-state index is 0.00330. The summed E-state index contributed by atoms with van der Waals surface area (Å²) in [5, 5.41) is 14.4. The van der Waals surface area contributed by atoms with E-state index in [-0.39, 0.29) is 59.2 Å². The molecular weight excluding hydrogens is 663 g/mol. The Morgan fingerprint density at radius 2 is 2.04 bits per heavy atom. The highest BCUT2D eigenvalue weighted by atomic mass is 19.1. The van der Waals surface area contributed by atoms with E-state index >= 15 is 8.78 Å². The van der Waals surface area contributed by atoms with Crippen LogP contribution in [0.15, 0.2) is 30.5 Å². The van der Waals surface area contributed by atoms with Gasteiger partial charge in [0.05, 0.1) is 16.5 Å². The molecule has 3 N–H and O–H groups in total. The second-order valence-corrected chi connectivity index (χ2v) is 13.4. The summed E-state index contributed by atoms with van der Waals surface area (Å²) in [6.07, 6.45) is 11.5. The van der Waals surface area contributed by atoms with Crippen LogP contribution >= 0.6 is 0 Å². The first-order valence-corrected chi connectivity index (χ1v) is 17.5. The number of nitrogens with zero attached hydrogens (tertiary/aromatic N) is 5. The Morgan fingerprint density at radius 1 is 1.16 bits per heavy atom. The number of hydrogen-bond acceptors (Lipinski definition) is 10. The largest absolute Gasteiger partial charge is 0.461 e. The number of alkyl halides is 1. The number of benzene rings is 2. The molecule has 2 aromatic carbocycles. The number of anilines is 1. The van der Waals surface area contributed by atoms with Gasteiger partial charge >= 0.3 is 12.1 Å². The number of aliphatic hydroxyl groups excluding tert-OH is 1. The maximum Gasteiger partial charge on any atom is 0.412 e. The van der Waals surface area contributed by atoms with Crippen LogP contribution in [0.5, 0.6) is 11.8 Å². The SMILES string of the molecule is C#Cc1c(F)ccc2cc(OC(=O)NCCCCO)cc(-c3ncc4c(N5CCCCCN5)nc(OC[C@@]56CCCN5C[C@H](F)C6)nc4c3F)c12. The standard InChI is InChI=1S/C37H40F3N7O4/c1-2-26-29(39)10-9-23-17-25(51-36(49)41-12-5-7-16-48)18-27(30(23)26)32-31(40)33-28(20-42-32)34(47-15-6-3-4-13-43-47)45-35(44-33)50-22-37-11-8-14-46(37)21-24(38)19-37/h1,9-10,17-18,20,24,43,48H,3-8,11-16,19,21-22H2,(H,41,49)/t24-,37+/m1/s1. The van der Waals surface area contributed by atoms with Crippen LogP contribution in [0, 0.1) is 24.0 Å². The summed E-state index contributed by atoms with van der Waals surface area (Å²) in [4.78, 5) is 28.5. The number of carbonyl (C=O) groups excluding carboxylic acids is 1. The predicted molar refractivity (Wildman–Crippen MR) is 186 cm³/mol. The molecule has 0 radical (unpaired) electrons. The third-order valence-corrected chi connectivity index (χ3v) is 10.00. The van der Waals surface area contributed by atoms with Gasteiger partial charge in [-0.15, -0.1) is 6.42 Å². The number of terminal acetylenes is 1. The molecule has 3 aliphatic rings. The molecule has 0 unspecified atom stereocenters. The van der Waals surface area contributed by atoms with Crippen molar-refractivity contribution in [3.8, 4) is 35.4 Å². The summed E-state index contributed by atoms with van der Waals surface area (Å²) < 4.78 is 58.5. The van der Waals surface area contributed by atoms with Gasteiger partial charge < -0.3 is 19.9 Å². The van der Waals surface area contributed by atoms with Crippen LogP contribution in [0.25, 0.3) is 32.9 Å². The number of nitrogens with one attached hydrogen (secondary N) is 2. The van der Waals surface area contributed by atoms with Gasteiger partial charge in [0.2, 0.25) is 0 Å². The van der Waals surface area contributed by atoms with Crippen molar-refractivity contribution in [3.05, 3.63) is 47.7 Å². The van der Waals surface area contributed by atoms with E-state index in [4.69, 9.17) is 26.0 Å². The highest BCUT2D eigenvalue weighted by molar-refractivity contribution is 6.03. The van der Waals surface area contributed by atoms with E-state index in [1.165, 1.54) is 30.5 Å². The lowest BCUT2D eigenvalue weighted by atomic mass is 9.95. The van der Waals surface area contributed by atoms with E-state index in [1.54, 1.807) is 0 Å². The monoisotopic (exact) mass is 703 g/mol. The molecule has 1 amide bonds. The predicted octanol–water partition coefficient (Wildman–Crippen LogP) is 5.42. The number of pyridine rings is 1. The zero-order valence-corrected chi connectivity index (χ0v) is 28.2. The summed E-state index contributed by atoms with van der Waals surface area (Å²) in [7, 11) is 0. The van der Waals surface area contributed by atoms with Gasteiger partial charge in [0.25, 0.3) is 0 Å². The Kier molecular flexibility index (Phi) is 10.1. The minimum Gasteiger partial charge on any atom is -0.461 e. The van der Waals surface area contributed by atoms with Gasteiger partial charge in [0.1, 0.15) is 35.6 Å². The van der Waals surface area contributed by atoms with E-state index in [9.17, 15) is 9.18 Å². The number of aliphatic hydroxyl groups is 1. The van der Waals surface area contributed by atoms with Gasteiger partial charge in [0.15, 0.2) is 11.6 Å². The van der Waals surface area contributed by atoms with Crippen LogP contribution in [0.2, 0.25) is 0 Å². The normalized spacial score (nSPS) is 20.7. The minimum atomic E-state index is -0.945. The number of ether oxygens (including phenoxy) is 2. The van der Waals surface area contributed by atoms with E-state index in [0.29, 0.717) is 55.5 Å². The molecule has 0 bridgehead atoms. The highest BCUT2D eigenvalue weighted by Crippen LogP contribution is 2.42. The van der Waals surface area contributed by atoms with Gasteiger partial charge in [-0.3, -0.25) is 14.9 Å². The first-order valence-electron chi connectivity index (χ1n) is 17.5. The van der Waals surface area contributed by atoms with E-state index in [1.807, 2.05) is 5.01 Å². The van der Waals surface area contributed by atoms with E-state index in [2.05, 4.69) is 31.5 Å². The average Bonchev–Trinajstić information content (AvgIpc) is 3.50. The van der Waals surface area contributed by atoms with Gasteiger partial charge in [0, 0.05) is 56.4 Å². The molecule has 2 atom stereocenters. The van der Waals surface area contributed by atoms with Crippen LogP contribution in [0.3, 0.4) is 0 Å². The molecule has 3 fully saturated rings. The second-order valence-electron chi connectivity index (χ2n) is 13.4. The second kappa shape index (κ2) is 14.9. The number of hydrazine groups is 1. The highest BCUT2D eigenvalue weighted by Gasteiger charge is 2.49. The number of unbranched alkanes of at least 4 members (excludes halogenated alkanes) is 1. The number of carbonyl (C=O) groups is 1. The Bertz CT molecular complexity index is 1980. The lowest BCUT2D eigenvalue weighted by molar-refractivity contribution is 0.107. The Hall–Kier alpha value is -4.71. The zero-order chi connectivity index (χ0) is 35.5. The van der Waals surface area contributed by atoms with Crippen molar-refractivity contribution in [2.24, 2.45) is 0 Å². The quantitative estimate of drug-likeness (QED) is 0.146. The maximum atomic E-state index is 17.1. The first-order chi connectivity index (χ1) is 24.8. The topological polar surface area (TPSA) is 125 Å². The fraction of sp³-hybridized carbons (Fsp3) is 0.459. The molecule has 5 heterocycles. The number of aromatic nitrogens is 3. The number of amides is 1. The lowest BCUT2D eigenvalue weighted by Crippen LogP contribution is -2.43. The molecule has 2 aromatic heterocycles. The smallest absolute Gasteiger partial charge is 0.412 e. The Balaban J connectivity index is 1.33. The van der Waals surface area contributed by atoms with Gasteiger partial charge in [-0.05, 0) is 68.7 Å². The van der Waals surface area contributed by atoms with Crippen LogP contribution < -0.4 is 25.2 Å². The Labute approximate surface area is 293 Å². The third kappa shape index (κ3) is 6.98. The lowest BCUT2D eigenvalue weighted by Gasteiger charge is -2.31. The van der Waals surface area contributed by atoms with E-state index < -0.39 is 29.4 Å². The molecular formula is C37H40F3N7O4. The number of halogens is 3. The average molecular weight is 704 g/mol. The van der Waals surface area contributed by atoms with Crippen LogP contribution in [0.1, 0.15) is 56.9 Å². The summed E-state index contributed by atoms with van der Waals surface area (Å²) in [5.41, 5.74) is 2.61. The molecule has 4 aromatic rings. The summed E-state index contributed by atoms with van der Waals surface area (Å²) in [6.45, 7) is 2.87. The van der Waals surface area contributed by atoms with Crippen molar-refractivity contribution in [1.29, 1.82) is 0 Å². The molecule has 3 aliphatic heterocycles. The van der Waals surface area contributed by atoms with Gasteiger partial charge in [-0.2, -0.15) is 9.97 Å². The van der Waals surface area contributed by atoms with Crippen molar-refractivity contribution in [2.45, 2.75) is 63.1 Å². The van der Waals surface area contributed by atoms with Crippen molar-refractivity contribution >= 4 is 33.6 Å². The molecule has 51 heavy (non-hydrogen) atoms. The van der Waals surface area contributed by atoms with Crippen molar-refractivity contribution < 1.29 is 32.5 Å². The van der Waals surface area contributed by atoms with Crippen molar-refractivity contribution in [3.63, 3.8) is 0 Å². The molecule has 3 saturated heterocycles. The molecule has 11 nitrogen and oxygen atoms in total. The van der Waals surface area contributed by atoms with Crippen molar-refractivity contribution in [1.82, 2.24) is 30.6 Å². The number of hydrogen-bond donors (Lipinski definition) is 3. The maximum absolute atomic E-state index is 17.1. The van der Waals surface area contributed by atoms with Gasteiger partial charge in [-0.1, -0.05) is 18.4 Å². The summed E-state index contributed by atoms with van der Waals surface area (Å²) in [5.74, 6) is 1.31. The first kappa shape index (κ1) is 34.7. The number of fused-ring (bicyclic) bond motifs is 3. The van der Waals surface area contributed by atoms with Crippen molar-refractivity contribution in [2.75, 3.05) is 50.9 Å². The number of rotatable bonds is 10. The fourth-order valence-electron chi connectivity index (χ4n) is 7.54. The summed E-state index contributed by atoms with van der Waals surface area (Å²) >= 11 is 0. The Morgan fingerprint density at radius 3 is 2.88 bits per heavy atom. The zero-order valence-electron chi connectivity index (χ0n) is 28.2. The van der Waals surface area contributed by atoms with Crippen LogP contribution in [-0.2, 0) is 0 Å². The van der Waals surface area contributed by atoms with E-state index in [0.717, 1.165) is 38.6 Å². The molecule has 7 rings (SSSR count). The molecule has 14 heteroatoms. The van der Waals surface area contributed by atoms with Gasteiger partial charge in [-0.25, -0.2) is 23.4 Å². The fourth-order valence-corrected chi connectivity index (χ4v) is 7.54. The molecule has 268 valence electrons. The summed E-state index contributed by atoms with van der Waals surface area (Å²) in [6, 6.07) is 5.51. The van der Waals surface area contributed by atoms with Crippen LogP contribution in [0.4, 0.5) is 23.8 Å². The third-order valence-electron chi connectivity index (χ3n) is 10.00.